The molecule has 0 spiro atoms. The van der Waals surface area contributed by atoms with Gasteiger partial charge in [-0.05, 0) is 42.8 Å². The summed E-state index contributed by atoms with van der Waals surface area (Å²) in [5, 5.41) is 0. The second-order valence-electron chi connectivity index (χ2n) is 5.42. The van der Waals surface area contributed by atoms with Crippen LogP contribution in [-0.2, 0) is 0 Å². The zero-order valence-electron chi connectivity index (χ0n) is 12.8. The van der Waals surface area contributed by atoms with Gasteiger partial charge in [0.15, 0.2) is 0 Å². The maximum atomic E-state index is 14.2. The second kappa shape index (κ2) is 6.02. The van der Waals surface area contributed by atoms with Gasteiger partial charge in [0.25, 0.3) is 0 Å². The van der Waals surface area contributed by atoms with E-state index in [-0.39, 0.29) is 5.82 Å². The number of benzene rings is 3. The lowest BCUT2D eigenvalue weighted by Crippen LogP contribution is -2.09. The number of nitrogens with zero attached hydrogens (tertiary/aromatic N) is 1. The van der Waals surface area contributed by atoms with Gasteiger partial charge in [-0.25, -0.2) is 4.39 Å². The minimum atomic E-state index is -0.202. The molecule has 0 saturated carbocycles. The Kier molecular flexibility index (Phi) is 3.92. The lowest BCUT2D eigenvalue weighted by Gasteiger charge is -2.21. The summed E-state index contributed by atoms with van der Waals surface area (Å²) in [4.78, 5) is 2.06. The van der Waals surface area contributed by atoms with Crippen molar-refractivity contribution in [3.05, 3.63) is 84.2 Å². The third kappa shape index (κ3) is 2.86. The van der Waals surface area contributed by atoms with E-state index in [9.17, 15) is 4.39 Å². The molecule has 110 valence electrons. The number of anilines is 2. The fraction of sp³-hybridized carbons (Fsp3) is 0.100. The van der Waals surface area contributed by atoms with Gasteiger partial charge in [0.2, 0.25) is 0 Å². The molecule has 0 aliphatic carbocycles. The Hall–Kier alpha value is -2.61. The topological polar surface area (TPSA) is 3.24 Å². The first-order valence-corrected chi connectivity index (χ1v) is 7.30. The molecule has 2 heteroatoms. The van der Waals surface area contributed by atoms with Crippen LogP contribution < -0.4 is 4.90 Å². The van der Waals surface area contributed by atoms with Crippen LogP contribution in [0.3, 0.4) is 0 Å². The number of aryl methyl sites for hydroxylation is 1. The number of hydrogen-bond donors (Lipinski definition) is 0. The maximum absolute atomic E-state index is 14.2. The molecule has 22 heavy (non-hydrogen) atoms. The zero-order valence-corrected chi connectivity index (χ0v) is 12.8. The Morgan fingerprint density at radius 1 is 0.773 bits per heavy atom. The SMILES string of the molecule is Cc1ccc(N(C)c2ccc(F)c(-c3ccccc3)c2)cc1. The van der Waals surface area contributed by atoms with E-state index >= 15 is 0 Å². The normalized spacial score (nSPS) is 10.5. The van der Waals surface area contributed by atoms with Gasteiger partial charge in [0, 0.05) is 24.0 Å². The molecule has 0 unspecified atom stereocenters. The van der Waals surface area contributed by atoms with E-state index in [0.29, 0.717) is 5.56 Å². The van der Waals surface area contributed by atoms with E-state index in [2.05, 4.69) is 36.1 Å². The van der Waals surface area contributed by atoms with E-state index in [4.69, 9.17) is 0 Å². The molecular weight excluding hydrogens is 273 g/mol. The van der Waals surface area contributed by atoms with Gasteiger partial charge in [-0.2, -0.15) is 0 Å². The maximum Gasteiger partial charge on any atom is 0.131 e. The van der Waals surface area contributed by atoms with Crippen LogP contribution in [0.2, 0.25) is 0 Å². The highest BCUT2D eigenvalue weighted by Crippen LogP contribution is 2.30. The molecular formula is C20H18FN. The van der Waals surface area contributed by atoms with E-state index in [1.807, 2.05) is 49.5 Å². The third-order valence-corrected chi connectivity index (χ3v) is 3.84. The highest BCUT2D eigenvalue weighted by atomic mass is 19.1. The quantitative estimate of drug-likeness (QED) is 0.610. The van der Waals surface area contributed by atoms with Crippen molar-refractivity contribution in [3.8, 4) is 11.1 Å². The predicted molar refractivity (Wildman–Crippen MR) is 91.1 cm³/mol. The van der Waals surface area contributed by atoms with Gasteiger partial charge in [-0.1, -0.05) is 48.0 Å². The van der Waals surface area contributed by atoms with Crippen molar-refractivity contribution in [3.63, 3.8) is 0 Å². The van der Waals surface area contributed by atoms with Crippen molar-refractivity contribution in [2.24, 2.45) is 0 Å². The van der Waals surface area contributed by atoms with Crippen LogP contribution >= 0.6 is 0 Å². The molecule has 0 saturated heterocycles. The Morgan fingerprint density at radius 2 is 1.41 bits per heavy atom. The van der Waals surface area contributed by atoms with E-state index in [1.54, 1.807) is 0 Å². The second-order valence-corrected chi connectivity index (χ2v) is 5.42. The van der Waals surface area contributed by atoms with Crippen LogP contribution in [0.5, 0.6) is 0 Å². The molecule has 0 aliphatic heterocycles. The molecule has 3 aromatic carbocycles. The first-order valence-electron chi connectivity index (χ1n) is 7.30. The van der Waals surface area contributed by atoms with E-state index in [0.717, 1.165) is 16.9 Å². The minimum absolute atomic E-state index is 0.202. The molecule has 3 aromatic rings. The van der Waals surface area contributed by atoms with Crippen molar-refractivity contribution in [1.29, 1.82) is 0 Å². The number of hydrogen-bond acceptors (Lipinski definition) is 1. The lowest BCUT2D eigenvalue weighted by atomic mass is 10.0. The average molecular weight is 291 g/mol. The molecule has 0 fully saturated rings. The molecule has 0 bridgehead atoms. The standard InChI is InChI=1S/C20H18FN/c1-15-8-10-17(11-9-15)22(2)18-12-13-20(21)19(14-18)16-6-4-3-5-7-16/h3-14H,1-2H3. The summed E-state index contributed by atoms with van der Waals surface area (Å²) >= 11 is 0. The molecule has 0 aromatic heterocycles. The molecule has 0 amide bonds. The van der Waals surface area contributed by atoms with Crippen molar-refractivity contribution in [2.75, 3.05) is 11.9 Å². The van der Waals surface area contributed by atoms with Crippen LogP contribution in [0.25, 0.3) is 11.1 Å². The number of rotatable bonds is 3. The smallest absolute Gasteiger partial charge is 0.131 e. The highest BCUT2D eigenvalue weighted by Gasteiger charge is 2.09. The first kappa shape index (κ1) is 14.3. The first-order chi connectivity index (χ1) is 10.6. The summed E-state index contributed by atoms with van der Waals surface area (Å²) < 4.78 is 14.2. The van der Waals surface area contributed by atoms with Crippen LogP contribution in [0, 0.1) is 12.7 Å². The van der Waals surface area contributed by atoms with Crippen LogP contribution in [0.15, 0.2) is 72.8 Å². The van der Waals surface area contributed by atoms with Gasteiger partial charge in [0.05, 0.1) is 0 Å². The Morgan fingerprint density at radius 3 is 2.09 bits per heavy atom. The summed E-state index contributed by atoms with van der Waals surface area (Å²) in [5.74, 6) is -0.202. The average Bonchev–Trinajstić information content (AvgIpc) is 2.56. The molecule has 3 rings (SSSR count). The van der Waals surface area contributed by atoms with Gasteiger partial charge in [0.1, 0.15) is 5.82 Å². The van der Waals surface area contributed by atoms with Crippen molar-refractivity contribution in [2.45, 2.75) is 6.92 Å². The fourth-order valence-corrected chi connectivity index (χ4v) is 2.48. The Labute approximate surface area is 130 Å². The molecule has 0 N–H and O–H groups in total. The summed E-state index contributed by atoms with van der Waals surface area (Å²) in [7, 11) is 1.99. The highest BCUT2D eigenvalue weighted by molar-refractivity contribution is 5.72. The lowest BCUT2D eigenvalue weighted by molar-refractivity contribution is 0.631. The molecule has 0 radical (unpaired) electrons. The largest absolute Gasteiger partial charge is 0.345 e. The van der Waals surface area contributed by atoms with Crippen LogP contribution in [0.4, 0.5) is 15.8 Å². The molecule has 1 nitrogen and oxygen atoms in total. The summed E-state index contributed by atoms with van der Waals surface area (Å²) in [6.07, 6.45) is 0. The summed E-state index contributed by atoms with van der Waals surface area (Å²) in [6.45, 7) is 2.06. The van der Waals surface area contributed by atoms with Crippen LogP contribution in [0.1, 0.15) is 5.56 Å². The molecule has 0 heterocycles. The molecule has 0 atom stereocenters. The van der Waals surface area contributed by atoms with Gasteiger partial charge in [-0.3, -0.25) is 0 Å². The number of halogens is 1. The van der Waals surface area contributed by atoms with E-state index < -0.39 is 0 Å². The van der Waals surface area contributed by atoms with Gasteiger partial charge >= 0.3 is 0 Å². The van der Waals surface area contributed by atoms with Crippen LogP contribution in [-0.4, -0.2) is 7.05 Å². The monoisotopic (exact) mass is 291 g/mol. The predicted octanol–water partition coefficient (Wildman–Crippen LogP) is 5.57. The Bertz CT molecular complexity index is 763. The molecule has 0 aliphatic rings. The van der Waals surface area contributed by atoms with Crippen molar-refractivity contribution < 1.29 is 4.39 Å². The minimum Gasteiger partial charge on any atom is -0.345 e. The zero-order chi connectivity index (χ0) is 15.5. The summed E-state index contributed by atoms with van der Waals surface area (Å²) in [5.41, 5.74) is 4.78. The Balaban J connectivity index is 2.00. The van der Waals surface area contributed by atoms with Gasteiger partial charge in [-0.15, -0.1) is 0 Å². The van der Waals surface area contributed by atoms with Crippen molar-refractivity contribution >= 4 is 11.4 Å². The third-order valence-electron chi connectivity index (χ3n) is 3.84. The fourth-order valence-electron chi connectivity index (χ4n) is 2.48. The van der Waals surface area contributed by atoms with Crippen molar-refractivity contribution in [1.82, 2.24) is 0 Å². The van der Waals surface area contributed by atoms with Gasteiger partial charge < -0.3 is 4.90 Å². The van der Waals surface area contributed by atoms with E-state index in [1.165, 1.54) is 11.6 Å². The summed E-state index contributed by atoms with van der Waals surface area (Å²) in [6, 6.07) is 23.2.